The molecule has 0 N–H and O–H groups in total. The van der Waals surface area contributed by atoms with E-state index in [9.17, 15) is 21.6 Å². The third-order valence-corrected chi connectivity index (χ3v) is 6.03. The lowest BCUT2D eigenvalue weighted by molar-refractivity contribution is 0.180. The smallest absolute Gasteiger partial charge is 0.243 e. The Morgan fingerprint density at radius 2 is 1.48 bits per heavy atom. The highest BCUT2D eigenvalue weighted by Crippen LogP contribution is 2.21. The minimum Gasteiger partial charge on any atom is -0.296 e. The molecule has 0 aromatic heterocycles. The number of hydrogen-bond acceptors (Lipinski definition) is 3. The molecular formula is C17H17F3N2O2S. The summed E-state index contributed by atoms with van der Waals surface area (Å²) in [5.41, 5.74) is 0.547. The van der Waals surface area contributed by atoms with E-state index in [0.717, 1.165) is 12.1 Å². The van der Waals surface area contributed by atoms with Gasteiger partial charge in [-0.15, -0.1) is 0 Å². The minimum atomic E-state index is -3.96. The Kier molecular flexibility index (Phi) is 5.12. The Morgan fingerprint density at radius 3 is 2.08 bits per heavy atom. The predicted octanol–water partition coefficient (Wildman–Crippen LogP) is 2.61. The van der Waals surface area contributed by atoms with Crippen molar-refractivity contribution in [3.05, 3.63) is 65.5 Å². The van der Waals surface area contributed by atoms with E-state index in [0.29, 0.717) is 31.3 Å². The van der Waals surface area contributed by atoms with Gasteiger partial charge in [0.1, 0.15) is 17.5 Å². The Balaban J connectivity index is 1.68. The van der Waals surface area contributed by atoms with E-state index in [1.807, 2.05) is 4.90 Å². The van der Waals surface area contributed by atoms with Crippen LogP contribution in [0.1, 0.15) is 5.56 Å². The van der Waals surface area contributed by atoms with Crippen LogP contribution in [0.25, 0.3) is 0 Å². The van der Waals surface area contributed by atoms with E-state index in [2.05, 4.69) is 0 Å². The lowest BCUT2D eigenvalue weighted by atomic mass is 10.2. The molecule has 134 valence electrons. The maximum absolute atomic E-state index is 13.7. The number of halogens is 3. The SMILES string of the molecule is O=S(=O)(c1cc(F)cc(F)c1)N1CCN(Cc2ccccc2F)CC1. The highest BCUT2D eigenvalue weighted by Gasteiger charge is 2.29. The van der Waals surface area contributed by atoms with Crippen molar-refractivity contribution in [3.63, 3.8) is 0 Å². The van der Waals surface area contributed by atoms with Crippen LogP contribution in [0.4, 0.5) is 13.2 Å². The Morgan fingerprint density at radius 1 is 0.880 bits per heavy atom. The van der Waals surface area contributed by atoms with Gasteiger partial charge in [0, 0.05) is 44.4 Å². The zero-order chi connectivity index (χ0) is 18.0. The van der Waals surface area contributed by atoms with Crippen molar-refractivity contribution >= 4 is 10.0 Å². The van der Waals surface area contributed by atoms with Crippen molar-refractivity contribution in [2.24, 2.45) is 0 Å². The highest BCUT2D eigenvalue weighted by atomic mass is 32.2. The van der Waals surface area contributed by atoms with Gasteiger partial charge in [-0.2, -0.15) is 4.31 Å². The van der Waals surface area contributed by atoms with Crippen molar-refractivity contribution in [3.8, 4) is 0 Å². The van der Waals surface area contributed by atoms with Crippen molar-refractivity contribution in [1.29, 1.82) is 0 Å². The van der Waals surface area contributed by atoms with Gasteiger partial charge in [-0.05, 0) is 18.2 Å². The standard InChI is InChI=1S/C17H17F3N2O2S/c18-14-9-15(19)11-16(10-14)25(23,24)22-7-5-21(6-8-22)12-13-3-1-2-4-17(13)20/h1-4,9-11H,5-8,12H2. The van der Waals surface area contributed by atoms with Gasteiger partial charge in [0.25, 0.3) is 0 Å². The summed E-state index contributed by atoms with van der Waals surface area (Å²) < 4.78 is 66.5. The number of piperazine rings is 1. The third kappa shape index (κ3) is 4.02. The molecule has 8 heteroatoms. The molecule has 1 aliphatic rings. The Hall–Kier alpha value is -1.90. The van der Waals surface area contributed by atoms with E-state index in [1.165, 1.54) is 10.4 Å². The summed E-state index contributed by atoms with van der Waals surface area (Å²) in [5.74, 6) is -2.17. The number of rotatable bonds is 4. The molecule has 0 saturated carbocycles. The molecule has 0 amide bonds. The van der Waals surface area contributed by atoms with E-state index in [-0.39, 0.29) is 18.9 Å². The second-order valence-electron chi connectivity index (χ2n) is 5.88. The molecule has 25 heavy (non-hydrogen) atoms. The number of hydrogen-bond donors (Lipinski definition) is 0. The molecule has 2 aromatic carbocycles. The zero-order valence-electron chi connectivity index (χ0n) is 13.3. The van der Waals surface area contributed by atoms with Gasteiger partial charge in [0.2, 0.25) is 10.0 Å². The Bertz CT molecular complexity index is 846. The van der Waals surface area contributed by atoms with Gasteiger partial charge in [0.15, 0.2) is 0 Å². The quantitative estimate of drug-likeness (QED) is 0.831. The van der Waals surface area contributed by atoms with Gasteiger partial charge in [-0.25, -0.2) is 21.6 Å². The van der Waals surface area contributed by atoms with Crippen LogP contribution in [-0.2, 0) is 16.6 Å². The van der Waals surface area contributed by atoms with Crippen molar-refractivity contribution < 1.29 is 21.6 Å². The second-order valence-corrected chi connectivity index (χ2v) is 7.81. The van der Waals surface area contributed by atoms with E-state index < -0.39 is 26.6 Å². The molecule has 4 nitrogen and oxygen atoms in total. The highest BCUT2D eigenvalue weighted by molar-refractivity contribution is 7.89. The van der Waals surface area contributed by atoms with Crippen LogP contribution in [0.2, 0.25) is 0 Å². The summed E-state index contributed by atoms with van der Waals surface area (Å²) in [4.78, 5) is 1.55. The first kappa shape index (κ1) is 17.9. The molecule has 1 saturated heterocycles. The molecule has 0 unspecified atom stereocenters. The van der Waals surface area contributed by atoms with Crippen molar-refractivity contribution in [2.45, 2.75) is 11.4 Å². The molecule has 1 heterocycles. The van der Waals surface area contributed by atoms with Crippen LogP contribution in [0.3, 0.4) is 0 Å². The average Bonchev–Trinajstić information content (AvgIpc) is 2.56. The molecule has 1 aliphatic heterocycles. The minimum absolute atomic E-state index is 0.176. The molecule has 3 rings (SSSR count). The van der Waals surface area contributed by atoms with Crippen molar-refractivity contribution in [2.75, 3.05) is 26.2 Å². The number of benzene rings is 2. The fourth-order valence-electron chi connectivity index (χ4n) is 2.82. The fourth-order valence-corrected chi connectivity index (χ4v) is 4.29. The second kappa shape index (κ2) is 7.15. The normalized spacial score (nSPS) is 16.9. The van der Waals surface area contributed by atoms with Crippen molar-refractivity contribution in [1.82, 2.24) is 9.21 Å². The van der Waals surface area contributed by atoms with Gasteiger partial charge in [-0.1, -0.05) is 18.2 Å². The molecule has 2 aromatic rings. The largest absolute Gasteiger partial charge is 0.296 e. The lowest BCUT2D eigenvalue weighted by Crippen LogP contribution is -2.48. The first-order valence-corrected chi connectivity index (χ1v) is 9.22. The molecule has 0 spiro atoms. The summed E-state index contributed by atoms with van der Waals surface area (Å²) in [6.45, 7) is 1.55. The molecule has 0 atom stereocenters. The van der Waals surface area contributed by atoms with Gasteiger partial charge < -0.3 is 0 Å². The summed E-state index contributed by atoms with van der Waals surface area (Å²) in [6, 6.07) is 8.68. The first-order valence-electron chi connectivity index (χ1n) is 7.78. The van der Waals surface area contributed by atoms with Gasteiger partial charge in [-0.3, -0.25) is 4.90 Å². The average molecular weight is 370 g/mol. The summed E-state index contributed by atoms with van der Waals surface area (Å²) >= 11 is 0. The summed E-state index contributed by atoms with van der Waals surface area (Å²) in [6.07, 6.45) is 0. The number of sulfonamides is 1. The van der Waals surface area contributed by atoms with Gasteiger partial charge >= 0.3 is 0 Å². The lowest BCUT2D eigenvalue weighted by Gasteiger charge is -2.34. The summed E-state index contributed by atoms with van der Waals surface area (Å²) in [7, 11) is -3.96. The monoisotopic (exact) mass is 370 g/mol. The van der Waals surface area contributed by atoms with Crippen LogP contribution in [-0.4, -0.2) is 43.8 Å². The van der Waals surface area contributed by atoms with Crippen LogP contribution < -0.4 is 0 Å². The maximum atomic E-state index is 13.7. The van der Waals surface area contributed by atoms with Crippen LogP contribution in [0, 0.1) is 17.5 Å². The zero-order valence-corrected chi connectivity index (χ0v) is 14.1. The van der Waals surface area contributed by atoms with E-state index >= 15 is 0 Å². The molecule has 1 fully saturated rings. The topological polar surface area (TPSA) is 40.6 Å². The van der Waals surface area contributed by atoms with E-state index in [4.69, 9.17) is 0 Å². The molecule has 0 radical (unpaired) electrons. The van der Waals surface area contributed by atoms with Crippen LogP contribution in [0.5, 0.6) is 0 Å². The third-order valence-electron chi connectivity index (χ3n) is 4.16. The Labute approximate surface area is 144 Å². The summed E-state index contributed by atoms with van der Waals surface area (Å²) in [5, 5.41) is 0. The maximum Gasteiger partial charge on any atom is 0.243 e. The van der Waals surface area contributed by atoms with Crippen LogP contribution in [0.15, 0.2) is 47.4 Å². The number of nitrogens with zero attached hydrogens (tertiary/aromatic N) is 2. The van der Waals surface area contributed by atoms with Gasteiger partial charge in [0.05, 0.1) is 4.90 Å². The van der Waals surface area contributed by atoms with Crippen LogP contribution >= 0.6 is 0 Å². The van der Waals surface area contributed by atoms with E-state index in [1.54, 1.807) is 18.2 Å². The molecule has 0 aliphatic carbocycles. The predicted molar refractivity (Wildman–Crippen MR) is 86.8 cm³/mol. The first-order chi connectivity index (χ1) is 11.9. The molecular weight excluding hydrogens is 353 g/mol. The fraction of sp³-hybridized carbons (Fsp3) is 0.294. The molecule has 0 bridgehead atoms.